The van der Waals surface area contributed by atoms with E-state index in [0.29, 0.717) is 0 Å². The molecule has 0 unspecified atom stereocenters. The largest absolute Gasteiger partial charge is 0.481 e. The van der Waals surface area contributed by atoms with Gasteiger partial charge < -0.3 is 5.11 Å². The van der Waals surface area contributed by atoms with E-state index in [0.717, 1.165) is 14.2 Å². The minimum atomic E-state index is -0.779. The van der Waals surface area contributed by atoms with E-state index in [-0.39, 0.29) is 6.42 Å². The summed E-state index contributed by atoms with van der Waals surface area (Å²) in [6.45, 7) is 1.92. The molecule has 60 valence electrons. The number of carboxylic acid groups (broad SMARTS) is 1. The van der Waals surface area contributed by atoms with Gasteiger partial charge in [0, 0.05) is 4.88 Å². The van der Waals surface area contributed by atoms with Gasteiger partial charge in [0.2, 0.25) is 0 Å². The van der Waals surface area contributed by atoms with Gasteiger partial charge in [-0.25, -0.2) is 0 Å². The fraction of sp³-hybridized carbons (Fsp3) is 0.286. The number of aliphatic carboxylic acids is 1. The first-order valence-electron chi connectivity index (χ1n) is 3.06. The van der Waals surface area contributed by atoms with Crippen molar-refractivity contribution in [3.63, 3.8) is 0 Å². The molecule has 11 heavy (non-hydrogen) atoms. The molecule has 0 aliphatic carbocycles. The topological polar surface area (TPSA) is 37.3 Å². The lowest BCUT2D eigenvalue weighted by molar-refractivity contribution is -0.136. The second-order valence-corrected chi connectivity index (χ2v) is 4.84. The number of carboxylic acids is 1. The third-order valence-corrected chi connectivity index (χ3v) is 2.93. The zero-order valence-corrected chi connectivity index (χ0v) is 8.33. The number of hydrogen-bond acceptors (Lipinski definition) is 2. The Balaban J connectivity index is 2.85. The van der Waals surface area contributed by atoms with Gasteiger partial charge in [0.25, 0.3) is 0 Å². The summed E-state index contributed by atoms with van der Waals surface area (Å²) >= 11 is 4.86. The van der Waals surface area contributed by atoms with Crippen molar-refractivity contribution in [3.05, 3.63) is 20.3 Å². The first-order valence-corrected chi connectivity index (χ1v) is 4.67. The Kier molecular flexibility index (Phi) is 2.67. The van der Waals surface area contributed by atoms with Crippen molar-refractivity contribution in [2.45, 2.75) is 13.3 Å². The highest BCUT2D eigenvalue weighted by Crippen LogP contribution is 2.26. The Hall–Kier alpha value is -0.350. The first-order chi connectivity index (χ1) is 5.09. The van der Waals surface area contributed by atoms with Crippen LogP contribution in [0.3, 0.4) is 0 Å². The highest BCUT2D eigenvalue weighted by Gasteiger charge is 2.06. The van der Waals surface area contributed by atoms with Crippen molar-refractivity contribution in [2.24, 2.45) is 0 Å². The molecule has 0 saturated heterocycles. The first kappa shape index (κ1) is 8.74. The number of carbonyl (C=O) groups is 1. The molecule has 0 aliphatic heterocycles. The predicted molar refractivity (Wildman–Crippen MR) is 48.1 cm³/mol. The highest BCUT2D eigenvalue weighted by atomic mass is 79.9. The van der Waals surface area contributed by atoms with Crippen LogP contribution in [0.25, 0.3) is 0 Å². The summed E-state index contributed by atoms with van der Waals surface area (Å²) in [6.07, 6.45) is 0.119. The van der Waals surface area contributed by atoms with Crippen LogP contribution in [-0.4, -0.2) is 11.1 Å². The SMILES string of the molecule is Cc1sc(Br)cc1CC(=O)O. The van der Waals surface area contributed by atoms with Gasteiger partial charge in [0.15, 0.2) is 0 Å². The Morgan fingerprint density at radius 1 is 1.82 bits per heavy atom. The molecular weight excluding hydrogens is 228 g/mol. The van der Waals surface area contributed by atoms with Crippen LogP contribution in [0.2, 0.25) is 0 Å². The van der Waals surface area contributed by atoms with Gasteiger partial charge in [-0.1, -0.05) is 0 Å². The monoisotopic (exact) mass is 234 g/mol. The lowest BCUT2D eigenvalue weighted by atomic mass is 10.2. The van der Waals surface area contributed by atoms with Gasteiger partial charge in [-0.2, -0.15) is 0 Å². The highest BCUT2D eigenvalue weighted by molar-refractivity contribution is 9.11. The molecule has 1 aromatic rings. The maximum Gasteiger partial charge on any atom is 0.307 e. The molecule has 0 radical (unpaired) electrons. The average Bonchev–Trinajstić information content (AvgIpc) is 2.09. The molecule has 0 bridgehead atoms. The van der Waals surface area contributed by atoms with Crippen molar-refractivity contribution in [1.29, 1.82) is 0 Å². The molecule has 0 saturated carbocycles. The van der Waals surface area contributed by atoms with Crippen molar-refractivity contribution < 1.29 is 9.90 Å². The average molecular weight is 235 g/mol. The third kappa shape index (κ3) is 2.31. The number of halogens is 1. The smallest absolute Gasteiger partial charge is 0.307 e. The molecular formula is C7H7BrO2S. The van der Waals surface area contributed by atoms with Crippen molar-refractivity contribution in [2.75, 3.05) is 0 Å². The van der Waals surface area contributed by atoms with Crippen molar-refractivity contribution in [1.82, 2.24) is 0 Å². The molecule has 0 atom stereocenters. The molecule has 1 N–H and O–H groups in total. The minimum absolute atomic E-state index is 0.119. The maximum absolute atomic E-state index is 10.3. The third-order valence-electron chi connectivity index (χ3n) is 1.33. The minimum Gasteiger partial charge on any atom is -0.481 e. The second-order valence-electron chi connectivity index (χ2n) is 2.20. The van der Waals surface area contributed by atoms with E-state index in [1.807, 2.05) is 13.0 Å². The zero-order chi connectivity index (χ0) is 8.43. The van der Waals surface area contributed by atoms with E-state index in [1.165, 1.54) is 0 Å². The van der Waals surface area contributed by atoms with Gasteiger partial charge in [-0.3, -0.25) is 4.79 Å². The van der Waals surface area contributed by atoms with E-state index in [4.69, 9.17) is 5.11 Å². The summed E-state index contributed by atoms with van der Waals surface area (Å²) in [6, 6.07) is 1.86. The summed E-state index contributed by atoms with van der Waals surface area (Å²) in [5.41, 5.74) is 0.898. The van der Waals surface area contributed by atoms with Gasteiger partial charge in [-0.05, 0) is 34.5 Å². The van der Waals surface area contributed by atoms with Crippen LogP contribution in [-0.2, 0) is 11.2 Å². The van der Waals surface area contributed by atoms with Gasteiger partial charge in [-0.15, -0.1) is 11.3 Å². The quantitative estimate of drug-likeness (QED) is 0.854. The van der Waals surface area contributed by atoms with Gasteiger partial charge >= 0.3 is 5.97 Å². The van der Waals surface area contributed by atoms with E-state index in [2.05, 4.69) is 15.9 Å². The fourth-order valence-corrected chi connectivity index (χ4v) is 2.58. The number of aryl methyl sites for hydroxylation is 1. The number of thiophene rings is 1. The van der Waals surface area contributed by atoms with E-state index < -0.39 is 5.97 Å². The molecule has 4 heteroatoms. The van der Waals surface area contributed by atoms with Crippen LogP contribution in [0.15, 0.2) is 9.85 Å². The number of rotatable bonds is 2. The number of hydrogen-bond donors (Lipinski definition) is 1. The Morgan fingerprint density at radius 3 is 2.82 bits per heavy atom. The molecule has 0 amide bonds. The molecule has 1 aromatic heterocycles. The van der Waals surface area contributed by atoms with Gasteiger partial charge in [0.05, 0.1) is 10.2 Å². The molecule has 2 nitrogen and oxygen atoms in total. The van der Waals surface area contributed by atoms with Crippen LogP contribution < -0.4 is 0 Å². The molecule has 1 rings (SSSR count). The molecule has 0 aliphatic rings. The Labute approximate surface area is 77.0 Å². The van der Waals surface area contributed by atoms with Crippen LogP contribution in [0.1, 0.15) is 10.4 Å². The lowest BCUT2D eigenvalue weighted by Gasteiger charge is -1.91. The van der Waals surface area contributed by atoms with Crippen LogP contribution in [0, 0.1) is 6.92 Å². The Morgan fingerprint density at radius 2 is 2.45 bits per heavy atom. The van der Waals surface area contributed by atoms with Crippen LogP contribution in [0.4, 0.5) is 0 Å². The summed E-state index contributed by atoms with van der Waals surface area (Å²) in [5, 5.41) is 8.49. The summed E-state index contributed by atoms with van der Waals surface area (Å²) in [4.78, 5) is 11.4. The van der Waals surface area contributed by atoms with Crippen LogP contribution >= 0.6 is 27.3 Å². The fourth-order valence-electron chi connectivity index (χ4n) is 0.818. The lowest BCUT2D eigenvalue weighted by Crippen LogP contribution is -1.99. The molecule has 0 spiro atoms. The standard InChI is InChI=1S/C7H7BrO2S/c1-4-5(3-7(9)10)2-6(8)11-4/h2H,3H2,1H3,(H,9,10). The molecule has 1 heterocycles. The van der Waals surface area contributed by atoms with Crippen LogP contribution in [0.5, 0.6) is 0 Å². The van der Waals surface area contributed by atoms with Crippen molar-refractivity contribution >= 4 is 33.2 Å². The van der Waals surface area contributed by atoms with Gasteiger partial charge in [0.1, 0.15) is 0 Å². The molecule has 0 aromatic carbocycles. The normalized spacial score (nSPS) is 10.0. The summed E-state index contributed by atoms with van der Waals surface area (Å²) in [5.74, 6) is -0.779. The zero-order valence-electron chi connectivity index (χ0n) is 5.93. The summed E-state index contributed by atoms with van der Waals surface area (Å²) in [7, 11) is 0. The van der Waals surface area contributed by atoms with E-state index in [1.54, 1.807) is 11.3 Å². The Bertz CT molecular complexity index is 280. The second kappa shape index (κ2) is 3.36. The van der Waals surface area contributed by atoms with Crippen molar-refractivity contribution in [3.8, 4) is 0 Å². The van der Waals surface area contributed by atoms with E-state index >= 15 is 0 Å². The maximum atomic E-state index is 10.3. The molecule has 0 fully saturated rings. The summed E-state index contributed by atoms with van der Waals surface area (Å²) < 4.78 is 0.992. The van der Waals surface area contributed by atoms with E-state index in [9.17, 15) is 4.79 Å². The predicted octanol–water partition coefficient (Wildman–Crippen LogP) is 2.45.